The molecule has 8 heteroatoms. The predicted octanol–water partition coefficient (Wildman–Crippen LogP) is 4.27. The first-order valence-electron chi connectivity index (χ1n) is 8.16. The summed E-state index contributed by atoms with van der Waals surface area (Å²) >= 11 is 3.38. The van der Waals surface area contributed by atoms with E-state index in [-0.39, 0.29) is 5.91 Å². The molecule has 27 heavy (non-hydrogen) atoms. The second-order valence-electron chi connectivity index (χ2n) is 5.56. The molecular weight excluding hydrogens is 378 g/mol. The van der Waals surface area contributed by atoms with Crippen LogP contribution in [0.1, 0.15) is 15.2 Å². The largest absolute Gasteiger partial charge is 0.321 e. The third-order valence-electron chi connectivity index (χ3n) is 3.74. The third kappa shape index (κ3) is 4.24. The molecule has 3 heterocycles. The summed E-state index contributed by atoms with van der Waals surface area (Å²) in [4.78, 5) is 23.2. The van der Waals surface area contributed by atoms with Crippen molar-refractivity contribution < 1.29 is 4.79 Å². The summed E-state index contributed by atoms with van der Waals surface area (Å²) in [6, 6.07) is 15.3. The number of nitrogens with zero attached hydrogens (tertiary/aromatic N) is 4. The lowest BCUT2D eigenvalue weighted by Gasteiger charge is -2.10. The van der Waals surface area contributed by atoms with Crippen molar-refractivity contribution in [3.63, 3.8) is 0 Å². The Balaban J connectivity index is 1.46. The van der Waals surface area contributed by atoms with Crippen molar-refractivity contribution in [3.8, 4) is 5.82 Å². The lowest BCUT2D eigenvalue weighted by atomic mass is 10.2. The zero-order valence-electron chi connectivity index (χ0n) is 14.1. The molecule has 1 N–H and O–H groups in total. The molecule has 0 aliphatic rings. The minimum Gasteiger partial charge on any atom is -0.321 e. The number of thiophene rings is 1. The van der Waals surface area contributed by atoms with Crippen LogP contribution in [0.25, 0.3) is 5.82 Å². The second kappa shape index (κ2) is 8.15. The minimum atomic E-state index is -0.153. The average molecular weight is 393 g/mol. The van der Waals surface area contributed by atoms with E-state index in [4.69, 9.17) is 0 Å². The number of hydrogen-bond acceptors (Lipinski definition) is 6. The number of thioether (sulfide) groups is 1. The number of benzene rings is 1. The van der Waals surface area contributed by atoms with E-state index in [1.54, 1.807) is 52.4 Å². The highest BCUT2D eigenvalue weighted by Gasteiger charge is 2.12. The van der Waals surface area contributed by atoms with Gasteiger partial charge in [0, 0.05) is 15.5 Å². The van der Waals surface area contributed by atoms with Gasteiger partial charge >= 0.3 is 0 Å². The van der Waals surface area contributed by atoms with E-state index in [1.165, 1.54) is 11.2 Å². The smallest absolute Gasteiger partial charge is 0.256 e. The fourth-order valence-electron chi connectivity index (χ4n) is 2.44. The van der Waals surface area contributed by atoms with Gasteiger partial charge in [0.2, 0.25) is 0 Å². The van der Waals surface area contributed by atoms with Gasteiger partial charge in [0.1, 0.15) is 12.7 Å². The number of carbonyl (C=O) groups excluding carboxylic acids is 1. The Morgan fingerprint density at radius 1 is 1.15 bits per heavy atom. The van der Waals surface area contributed by atoms with Crippen molar-refractivity contribution in [2.75, 3.05) is 5.32 Å². The van der Waals surface area contributed by atoms with Crippen molar-refractivity contribution in [1.82, 2.24) is 19.7 Å². The summed E-state index contributed by atoms with van der Waals surface area (Å²) in [5.41, 5.74) is 1.28. The molecular formula is C19H15N5OS2. The number of carbonyl (C=O) groups is 1. The highest BCUT2D eigenvalue weighted by molar-refractivity contribution is 7.98. The van der Waals surface area contributed by atoms with Crippen LogP contribution >= 0.6 is 23.1 Å². The van der Waals surface area contributed by atoms with E-state index in [9.17, 15) is 4.79 Å². The lowest BCUT2D eigenvalue weighted by molar-refractivity contribution is 0.102. The summed E-state index contributed by atoms with van der Waals surface area (Å²) in [6.07, 6.45) is 4.63. The fraction of sp³-hybridized carbons (Fsp3) is 0.0526. The normalized spacial score (nSPS) is 10.7. The van der Waals surface area contributed by atoms with Gasteiger partial charge in [-0.3, -0.25) is 4.79 Å². The zero-order chi connectivity index (χ0) is 18.5. The van der Waals surface area contributed by atoms with Crippen molar-refractivity contribution in [2.45, 2.75) is 10.6 Å². The number of rotatable bonds is 6. The van der Waals surface area contributed by atoms with Crippen LogP contribution in [0.4, 0.5) is 5.69 Å². The Kier molecular flexibility index (Phi) is 5.27. The van der Waals surface area contributed by atoms with E-state index in [1.807, 2.05) is 30.3 Å². The highest BCUT2D eigenvalue weighted by Crippen LogP contribution is 2.28. The molecule has 0 saturated carbocycles. The highest BCUT2D eigenvalue weighted by atomic mass is 32.2. The van der Waals surface area contributed by atoms with Gasteiger partial charge in [0.25, 0.3) is 5.91 Å². The molecule has 1 aromatic carbocycles. The van der Waals surface area contributed by atoms with Gasteiger partial charge in [-0.25, -0.2) is 14.6 Å². The van der Waals surface area contributed by atoms with Gasteiger partial charge in [0.05, 0.1) is 17.4 Å². The Labute approximate surface area is 164 Å². The molecule has 0 bridgehead atoms. The van der Waals surface area contributed by atoms with Crippen LogP contribution in [0.2, 0.25) is 0 Å². The van der Waals surface area contributed by atoms with E-state index in [0.29, 0.717) is 17.1 Å². The predicted molar refractivity (Wildman–Crippen MR) is 107 cm³/mol. The molecule has 0 aliphatic carbocycles. The molecule has 0 aliphatic heterocycles. The fourth-order valence-corrected chi connectivity index (χ4v) is 4.27. The van der Waals surface area contributed by atoms with Crippen LogP contribution in [0, 0.1) is 0 Å². The topological polar surface area (TPSA) is 72.7 Å². The summed E-state index contributed by atoms with van der Waals surface area (Å²) in [5, 5.41) is 9.00. The Bertz CT molecular complexity index is 1010. The van der Waals surface area contributed by atoms with Gasteiger partial charge in [-0.1, -0.05) is 18.2 Å². The standard InChI is InChI=1S/C19H15N5OS2/c25-19(23-14-7-8-18(21-10-14)24-13-20-12-22-24)16-5-1-2-6-17(16)27-11-15-4-3-9-26-15/h1-10,12-13H,11H2,(H,23,25). The van der Waals surface area contributed by atoms with Gasteiger partial charge in [-0.15, -0.1) is 23.1 Å². The van der Waals surface area contributed by atoms with Crippen molar-refractivity contribution in [3.05, 3.63) is 83.2 Å². The van der Waals surface area contributed by atoms with E-state index >= 15 is 0 Å². The van der Waals surface area contributed by atoms with Crippen molar-refractivity contribution in [1.29, 1.82) is 0 Å². The summed E-state index contributed by atoms with van der Waals surface area (Å²) < 4.78 is 1.56. The number of amides is 1. The number of nitrogens with one attached hydrogen (secondary N) is 1. The number of anilines is 1. The third-order valence-corrected chi connectivity index (χ3v) is 5.92. The molecule has 0 spiro atoms. The molecule has 1 amide bonds. The summed E-state index contributed by atoms with van der Waals surface area (Å²) in [6.45, 7) is 0. The van der Waals surface area contributed by atoms with Crippen LogP contribution in [-0.4, -0.2) is 25.7 Å². The molecule has 6 nitrogen and oxygen atoms in total. The molecule has 0 fully saturated rings. The van der Waals surface area contributed by atoms with E-state index in [0.717, 1.165) is 10.6 Å². The van der Waals surface area contributed by atoms with Crippen LogP contribution in [0.5, 0.6) is 0 Å². The van der Waals surface area contributed by atoms with Crippen LogP contribution in [0.15, 0.2) is 77.7 Å². The zero-order valence-corrected chi connectivity index (χ0v) is 15.8. The van der Waals surface area contributed by atoms with Gasteiger partial charge in [-0.05, 0) is 35.7 Å². The maximum absolute atomic E-state index is 12.7. The number of hydrogen-bond donors (Lipinski definition) is 1. The molecule has 4 aromatic rings. The maximum atomic E-state index is 12.7. The molecule has 0 radical (unpaired) electrons. The Morgan fingerprint density at radius 2 is 2.07 bits per heavy atom. The lowest BCUT2D eigenvalue weighted by Crippen LogP contribution is -2.13. The maximum Gasteiger partial charge on any atom is 0.256 e. The summed E-state index contributed by atoms with van der Waals surface area (Å²) in [7, 11) is 0. The number of aromatic nitrogens is 4. The summed E-state index contributed by atoms with van der Waals surface area (Å²) in [5.74, 6) is 1.33. The van der Waals surface area contributed by atoms with Gasteiger partial charge in [0.15, 0.2) is 5.82 Å². The van der Waals surface area contributed by atoms with E-state index in [2.05, 4.69) is 31.8 Å². The quantitative estimate of drug-likeness (QED) is 0.495. The van der Waals surface area contributed by atoms with Crippen molar-refractivity contribution in [2.24, 2.45) is 0 Å². The SMILES string of the molecule is O=C(Nc1ccc(-n2cncn2)nc1)c1ccccc1SCc1cccs1. The van der Waals surface area contributed by atoms with Crippen LogP contribution in [0.3, 0.4) is 0 Å². The number of pyridine rings is 1. The molecule has 0 saturated heterocycles. The van der Waals surface area contributed by atoms with Crippen LogP contribution < -0.4 is 5.32 Å². The van der Waals surface area contributed by atoms with Crippen molar-refractivity contribution >= 4 is 34.7 Å². The Hall–Kier alpha value is -2.97. The van der Waals surface area contributed by atoms with E-state index < -0.39 is 0 Å². The monoisotopic (exact) mass is 393 g/mol. The first-order valence-corrected chi connectivity index (χ1v) is 10.0. The molecule has 0 unspecified atom stereocenters. The van der Waals surface area contributed by atoms with Gasteiger partial charge in [-0.2, -0.15) is 5.10 Å². The van der Waals surface area contributed by atoms with Crippen LogP contribution in [-0.2, 0) is 5.75 Å². The second-order valence-corrected chi connectivity index (χ2v) is 7.61. The minimum absolute atomic E-state index is 0.153. The Morgan fingerprint density at radius 3 is 2.81 bits per heavy atom. The molecule has 134 valence electrons. The molecule has 0 atom stereocenters. The first kappa shape index (κ1) is 17.4. The van der Waals surface area contributed by atoms with Gasteiger partial charge < -0.3 is 5.32 Å². The first-order chi connectivity index (χ1) is 13.3. The molecule has 3 aromatic heterocycles. The molecule has 4 rings (SSSR count). The average Bonchev–Trinajstić information content (AvgIpc) is 3.41.